The van der Waals surface area contributed by atoms with Gasteiger partial charge in [0, 0.05) is 30.4 Å². The molecule has 0 atom stereocenters. The average Bonchev–Trinajstić information content (AvgIpc) is 3.11. The molecule has 2 heterocycles. The third-order valence-corrected chi connectivity index (χ3v) is 4.34. The number of carbonyl (C=O) groups is 1. The van der Waals surface area contributed by atoms with Crippen molar-refractivity contribution in [2.24, 2.45) is 0 Å². The molecule has 1 aromatic carbocycles. The van der Waals surface area contributed by atoms with Crippen LogP contribution in [0.3, 0.4) is 0 Å². The minimum Gasteiger partial charge on any atom is -0.493 e. The number of hydrogen-bond donors (Lipinski definition) is 1. The van der Waals surface area contributed by atoms with E-state index in [9.17, 15) is 4.79 Å². The minimum absolute atomic E-state index is 0.214. The standard InChI is InChI=1S/C20H23N3O4/c1-13-6-5-7-18-22-15(12-23(13)18)8-9-21-20(24)14-10-16(25-2)19(27-4)17(11-14)26-3/h5-7,10-12H,8-9H2,1-4H3,(H,21,24). The summed E-state index contributed by atoms with van der Waals surface area (Å²) in [4.78, 5) is 17.1. The maximum atomic E-state index is 12.5. The van der Waals surface area contributed by atoms with Crippen molar-refractivity contribution in [1.29, 1.82) is 0 Å². The molecule has 0 aliphatic heterocycles. The molecule has 7 heteroatoms. The number of fused-ring (bicyclic) bond motifs is 1. The number of pyridine rings is 1. The molecule has 1 N–H and O–H groups in total. The number of amides is 1. The summed E-state index contributed by atoms with van der Waals surface area (Å²) in [7, 11) is 4.56. The number of aromatic nitrogens is 2. The van der Waals surface area contributed by atoms with Gasteiger partial charge in [-0.05, 0) is 31.2 Å². The van der Waals surface area contributed by atoms with Crippen LogP contribution in [-0.4, -0.2) is 43.2 Å². The van der Waals surface area contributed by atoms with Crippen LogP contribution in [0, 0.1) is 6.92 Å². The van der Waals surface area contributed by atoms with Gasteiger partial charge in [0.2, 0.25) is 5.75 Å². The summed E-state index contributed by atoms with van der Waals surface area (Å²) in [6.07, 6.45) is 2.63. The molecule has 2 aromatic heterocycles. The smallest absolute Gasteiger partial charge is 0.251 e. The first-order valence-corrected chi connectivity index (χ1v) is 8.59. The maximum Gasteiger partial charge on any atom is 0.251 e. The average molecular weight is 369 g/mol. The molecule has 0 aliphatic carbocycles. The largest absolute Gasteiger partial charge is 0.493 e. The van der Waals surface area contributed by atoms with Gasteiger partial charge in [0.15, 0.2) is 11.5 Å². The first-order valence-electron chi connectivity index (χ1n) is 8.59. The molecule has 0 fully saturated rings. The molecule has 27 heavy (non-hydrogen) atoms. The SMILES string of the molecule is COc1cc(C(=O)NCCc2cn3c(C)cccc3n2)cc(OC)c1OC. The van der Waals surface area contributed by atoms with Gasteiger partial charge in [-0.3, -0.25) is 4.79 Å². The molecule has 142 valence electrons. The Morgan fingerprint density at radius 2 is 1.81 bits per heavy atom. The fourth-order valence-corrected chi connectivity index (χ4v) is 2.94. The molecule has 7 nitrogen and oxygen atoms in total. The van der Waals surface area contributed by atoms with Crippen LogP contribution in [-0.2, 0) is 6.42 Å². The van der Waals surface area contributed by atoms with Gasteiger partial charge in [0.25, 0.3) is 5.91 Å². The second-order valence-corrected chi connectivity index (χ2v) is 6.05. The van der Waals surface area contributed by atoms with Crippen molar-refractivity contribution < 1.29 is 19.0 Å². The Morgan fingerprint density at radius 3 is 2.41 bits per heavy atom. The first-order chi connectivity index (χ1) is 13.1. The van der Waals surface area contributed by atoms with Gasteiger partial charge < -0.3 is 23.9 Å². The normalized spacial score (nSPS) is 10.7. The summed E-state index contributed by atoms with van der Waals surface area (Å²) < 4.78 is 17.9. The Balaban J connectivity index is 1.69. The Labute approximate surface area is 157 Å². The van der Waals surface area contributed by atoms with Gasteiger partial charge >= 0.3 is 0 Å². The van der Waals surface area contributed by atoms with E-state index >= 15 is 0 Å². The summed E-state index contributed by atoms with van der Waals surface area (Å²) in [5, 5.41) is 2.91. The molecule has 0 bridgehead atoms. The molecular formula is C20H23N3O4. The highest BCUT2D eigenvalue weighted by Gasteiger charge is 2.16. The van der Waals surface area contributed by atoms with Crippen LogP contribution in [0.15, 0.2) is 36.5 Å². The van der Waals surface area contributed by atoms with Crippen LogP contribution in [0.2, 0.25) is 0 Å². The molecule has 0 saturated carbocycles. The number of hydrogen-bond acceptors (Lipinski definition) is 5. The van der Waals surface area contributed by atoms with Gasteiger partial charge in [-0.25, -0.2) is 4.98 Å². The second kappa shape index (κ2) is 7.99. The lowest BCUT2D eigenvalue weighted by atomic mass is 10.1. The molecule has 0 spiro atoms. The van der Waals surface area contributed by atoms with Crippen LogP contribution < -0.4 is 19.5 Å². The summed E-state index contributed by atoms with van der Waals surface area (Å²) >= 11 is 0. The highest BCUT2D eigenvalue weighted by Crippen LogP contribution is 2.38. The van der Waals surface area contributed by atoms with E-state index < -0.39 is 0 Å². The van der Waals surface area contributed by atoms with E-state index in [4.69, 9.17) is 14.2 Å². The predicted molar refractivity (Wildman–Crippen MR) is 102 cm³/mol. The minimum atomic E-state index is -0.214. The van der Waals surface area contributed by atoms with E-state index in [1.807, 2.05) is 35.7 Å². The van der Waals surface area contributed by atoms with Gasteiger partial charge in [0.05, 0.1) is 27.0 Å². The van der Waals surface area contributed by atoms with Crippen molar-refractivity contribution in [1.82, 2.24) is 14.7 Å². The summed E-state index contributed by atoms with van der Waals surface area (Å²) in [5.74, 6) is 1.13. The van der Waals surface area contributed by atoms with E-state index in [0.717, 1.165) is 17.0 Å². The lowest BCUT2D eigenvalue weighted by Crippen LogP contribution is -2.25. The summed E-state index contributed by atoms with van der Waals surface area (Å²) in [6.45, 7) is 2.50. The lowest BCUT2D eigenvalue weighted by molar-refractivity contribution is 0.0953. The number of ether oxygens (including phenoxy) is 3. The second-order valence-electron chi connectivity index (χ2n) is 6.05. The molecular weight excluding hydrogens is 346 g/mol. The van der Waals surface area contributed by atoms with Crippen LogP contribution >= 0.6 is 0 Å². The van der Waals surface area contributed by atoms with Gasteiger partial charge in [0.1, 0.15) is 5.65 Å². The first kappa shape index (κ1) is 18.6. The molecule has 3 aromatic rings. The van der Waals surface area contributed by atoms with E-state index in [0.29, 0.717) is 35.8 Å². The number of nitrogens with one attached hydrogen (secondary N) is 1. The molecule has 1 amide bonds. The fraction of sp³-hybridized carbons (Fsp3) is 0.300. The number of methoxy groups -OCH3 is 3. The van der Waals surface area contributed by atoms with Gasteiger partial charge in [-0.2, -0.15) is 0 Å². The number of nitrogens with zero attached hydrogens (tertiary/aromatic N) is 2. The van der Waals surface area contributed by atoms with Crippen molar-refractivity contribution in [3.63, 3.8) is 0 Å². The third kappa shape index (κ3) is 3.81. The number of carbonyl (C=O) groups excluding carboxylic acids is 1. The van der Waals surface area contributed by atoms with Gasteiger partial charge in [-0.1, -0.05) is 6.07 Å². The number of imidazole rings is 1. The van der Waals surface area contributed by atoms with E-state index in [1.54, 1.807) is 12.1 Å². The number of rotatable bonds is 7. The molecule has 0 aliphatic rings. The zero-order valence-electron chi connectivity index (χ0n) is 15.9. The zero-order valence-corrected chi connectivity index (χ0v) is 15.9. The van der Waals surface area contributed by atoms with E-state index in [-0.39, 0.29) is 5.91 Å². The number of benzene rings is 1. The van der Waals surface area contributed by atoms with Crippen LogP contribution in [0.5, 0.6) is 17.2 Å². The van der Waals surface area contributed by atoms with Crippen molar-refractivity contribution in [2.45, 2.75) is 13.3 Å². The monoisotopic (exact) mass is 369 g/mol. The Hall–Kier alpha value is -3.22. The molecule has 3 rings (SSSR count). The van der Waals surface area contributed by atoms with Crippen molar-refractivity contribution >= 4 is 11.6 Å². The molecule has 0 unspecified atom stereocenters. The van der Waals surface area contributed by atoms with Crippen LogP contribution in [0.25, 0.3) is 5.65 Å². The van der Waals surface area contributed by atoms with Crippen LogP contribution in [0.4, 0.5) is 0 Å². The van der Waals surface area contributed by atoms with Crippen molar-refractivity contribution in [3.05, 3.63) is 53.5 Å². The lowest BCUT2D eigenvalue weighted by Gasteiger charge is -2.14. The molecule has 0 radical (unpaired) electrons. The van der Waals surface area contributed by atoms with Crippen molar-refractivity contribution in [2.75, 3.05) is 27.9 Å². The highest BCUT2D eigenvalue weighted by molar-refractivity contribution is 5.95. The molecule has 0 saturated heterocycles. The van der Waals surface area contributed by atoms with Crippen molar-refractivity contribution in [3.8, 4) is 17.2 Å². The predicted octanol–water partition coefficient (Wildman–Crippen LogP) is 2.64. The quantitative estimate of drug-likeness (QED) is 0.693. The third-order valence-electron chi connectivity index (χ3n) is 4.34. The Kier molecular flexibility index (Phi) is 5.49. The van der Waals surface area contributed by atoms with Gasteiger partial charge in [-0.15, -0.1) is 0 Å². The van der Waals surface area contributed by atoms with E-state index in [1.165, 1.54) is 21.3 Å². The maximum absolute atomic E-state index is 12.5. The summed E-state index contributed by atoms with van der Waals surface area (Å²) in [5.41, 5.74) is 3.39. The summed E-state index contributed by atoms with van der Waals surface area (Å²) in [6, 6.07) is 9.24. The highest BCUT2D eigenvalue weighted by atomic mass is 16.5. The Bertz CT molecular complexity index is 940. The topological polar surface area (TPSA) is 74.1 Å². The Morgan fingerprint density at radius 1 is 1.11 bits per heavy atom. The zero-order chi connectivity index (χ0) is 19.4. The fourth-order valence-electron chi connectivity index (χ4n) is 2.94. The van der Waals surface area contributed by atoms with Crippen LogP contribution in [0.1, 0.15) is 21.7 Å². The number of aryl methyl sites for hydroxylation is 1. The van der Waals surface area contributed by atoms with E-state index in [2.05, 4.69) is 10.3 Å².